The third-order valence-corrected chi connectivity index (χ3v) is 7.37. The Hall–Kier alpha value is -2.38. The van der Waals surface area contributed by atoms with Gasteiger partial charge in [-0.05, 0) is 66.5 Å². The van der Waals surface area contributed by atoms with Gasteiger partial charge in [0.05, 0.1) is 7.11 Å². The van der Waals surface area contributed by atoms with Gasteiger partial charge in [-0.3, -0.25) is 4.79 Å². The Balaban J connectivity index is 1.44. The Bertz CT molecular complexity index is 1030. The average molecular weight is 429 g/mol. The number of carbonyl (C=O) groups excluding carboxylic acids is 1. The lowest BCUT2D eigenvalue weighted by molar-refractivity contribution is -0.128. The van der Waals surface area contributed by atoms with Gasteiger partial charge >= 0.3 is 0 Å². The summed E-state index contributed by atoms with van der Waals surface area (Å²) in [6.07, 6.45) is 5.64. The number of carbonyl (C=O) groups is 1. The van der Waals surface area contributed by atoms with Crippen molar-refractivity contribution in [2.45, 2.75) is 56.5 Å². The van der Waals surface area contributed by atoms with E-state index in [9.17, 15) is 13.2 Å². The maximum atomic E-state index is 13.0. The summed E-state index contributed by atoms with van der Waals surface area (Å²) in [4.78, 5) is 13.8. The zero-order valence-corrected chi connectivity index (χ0v) is 18.1. The zero-order valence-electron chi connectivity index (χ0n) is 17.3. The molecule has 1 heterocycles. The van der Waals surface area contributed by atoms with E-state index >= 15 is 0 Å². The van der Waals surface area contributed by atoms with Gasteiger partial charge in [-0.15, -0.1) is 0 Å². The van der Waals surface area contributed by atoms with Crippen LogP contribution in [0.5, 0.6) is 5.75 Å². The standard InChI is InChI=1S/C23H28N2O4S/c1-29-21-13-19-5-2-3-6-20(19)14-22(21)30(27,28)24-15-17-8-10-18(11-9-17)16-25-12-4-7-23(25)26/h8-11,13-14,24H,2-7,12,15-16H2,1H3. The van der Waals surface area contributed by atoms with Crippen LogP contribution in [0.1, 0.15) is 47.9 Å². The number of aryl methyl sites for hydroxylation is 2. The quantitative estimate of drug-likeness (QED) is 0.735. The lowest BCUT2D eigenvalue weighted by Crippen LogP contribution is -2.25. The normalized spacial score (nSPS) is 16.6. The number of likely N-dealkylation sites (tertiary alicyclic amines) is 1. The monoisotopic (exact) mass is 428 g/mol. The number of amides is 1. The first-order valence-corrected chi connectivity index (χ1v) is 12.0. The molecule has 0 unspecified atom stereocenters. The number of fused-ring (bicyclic) bond motifs is 1. The van der Waals surface area contributed by atoms with Gasteiger partial charge in [0.15, 0.2) is 0 Å². The minimum absolute atomic E-state index is 0.200. The molecule has 0 spiro atoms. The molecule has 6 nitrogen and oxygen atoms in total. The number of nitrogens with zero attached hydrogens (tertiary/aromatic N) is 1. The van der Waals surface area contributed by atoms with E-state index in [-0.39, 0.29) is 17.3 Å². The van der Waals surface area contributed by atoms with E-state index in [1.165, 1.54) is 12.7 Å². The molecule has 1 fully saturated rings. The highest BCUT2D eigenvalue weighted by Gasteiger charge is 2.23. The minimum atomic E-state index is -3.70. The summed E-state index contributed by atoms with van der Waals surface area (Å²) in [5.74, 6) is 0.597. The van der Waals surface area contributed by atoms with E-state index in [0.29, 0.717) is 18.7 Å². The number of rotatable bonds is 7. The largest absolute Gasteiger partial charge is 0.495 e. The van der Waals surface area contributed by atoms with Crippen molar-refractivity contribution in [2.24, 2.45) is 0 Å². The molecule has 1 N–H and O–H groups in total. The molecule has 1 saturated heterocycles. The van der Waals surface area contributed by atoms with Crippen molar-refractivity contribution in [1.29, 1.82) is 0 Å². The molecule has 7 heteroatoms. The maximum Gasteiger partial charge on any atom is 0.244 e. The molecule has 1 aliphatic carbocycles. The van der Waals surface area contributed by atoms with E-state index in [4.69, 9.17) is 4.74 Å². The Kier molecular flexibility index (Phi) is 6.11. The summed E-state index contributed by atoms with van der Waals surface area (Å²) in [5, 5.41) is 0. The van der Waals surface area contributed by atoms with Crippen LogP contribution in [0.2, 0.25) is 0 Å². The van der Waals surface area contributed by atoms with Crippen LogP contribution in [0.25, 0.3) is 0 Å². The van der Waals surface area contributed by atoms with E-state index in [1.807, 2.05) is 35.2 Å². The zero-order chi connectivity index (χ0) is 21.1. The van der Waals surface area contributed by atoms with Crippen molar-refractivity contribution in [3.63, 3.8) is 0 Å². The van der Waals surface area contributed by atoms with Crippen LogP contribution in [0.15, 0.2) is 41.3 Å². The first-order valence-electron chi connectivity index (χ1n) is 10.5. The van der Waals surface area contributed by atoms with E-state index < -0.39 is 10.0 Å². The average Bonchev–Trinajstić information content (AvgIpc) is 3.16. The predicted molar refractivity (Wildman–Crippen MR) is 115 cm³/mol. The number of methoxy groups -OCH3 is 1. The third kappa shape index (κ3) is 4.52. The van der Waals surface area contributed by atoms with Gasteiger partial charge < -0.3 is 9.64 Å². The fraction of sp³-hybridized carbons (Fsp3) is 0.435. The molecule has 1 aliphatic heterocycles. The van der Waals surface area contributed by atoms with Crippen molar-refractivity contribution in [2.75, 3.05) is 13.7 Å². The summed E-state index contributed by atoms with van der Waals surface area (Å²) in [6, 6.07) is 11.4. The number of ether oxygens (including phenoxy) is 1. The molecule has 1 amide bonds. The first kappa shape index (κ1) is 20.9. The summed E-state index contributed by atoms with van der Waals surface area (Å²) >= 11 is 0. The predicted octanol–water partition coefficient (Wildman–Crippen LogP) is 3.17. The van der Waals surface area contributed by atoms with Crippen LogP contribution in [0.4, 0.5) is 0 Å². The Morgan fingerprint density at radius 3 is 2.27 bits per heavy atom. The summed E-state index contributed by atoms with van der Waals surface area (Å²) in [5.41, 5.74) is 4.20. The molecule has 160 valence electrons. The molecular formula is C23H28N2O4S. The lowest BCUT2D eigenvalue weighted by Gasteiger charge is -2.19. The second-order valence-corrected chi connectivity index (χ2v) is 9.77. The van der Waals surface area contributed by atoms with Gasteiger partial charge in [0.25, 0.3) is 0 Å². The van der Waals surface area contributed by atoms with Crippen molar-refractivity contribution in [1.82, 2.24) is 9.62 Å². The molecule has 0 saturated carbocycles. The second-order valence-electron chi connectivity index (χ2n) is 8.04. The van der Waals surface area contributed by atoms with Crippen LogP contribution in [0, 0.1) is 0 Å². The smallest absolute Gasteiger partial charge is 0.244 e. The fourth-order valence-corrected chi connectivity index (χ4v) is 5.44. The Morgan fingerprint density at radius 2 is 1.63 bits per heavy atom. The van der Waals surface area contributed by atoms with Gasteiger partial charge in [0.1, 0.15) is 10.6 Å². The Labute approximate surface area is 178 Å². The van der Waals surface area contributed by atoms with E-state index in [2.05, 4.69) is 4.72 Å². The first-order chi connectivity index (χ1) is 14.5. The highest BCUT2D eigenvalue weighted by atomic mass is 32.2. The van der Waals surface area contributed by atoms with Gasteiger partial charge in [-0.1, -0.05) is 24.3 Å². The molecule has 0 radical (unpaired) electrons. The number of hydrogen-bond acceptors (Lipinski definition) is 4. The van der Waals surface area contributed by atoms with E-state index in [1.54, 1.807) is 6.07 Å². The van der Waals surface area contributed by atoms with Gasteiger partial charge in [0.2, 0.25) is 15.9 Å². The Morgan fingerprint density at radius 1 is 0.967 bits per heavy atom. The van der Waals surface area contributed by atoms with Crippen molar-refractivity contribution < 1.29 is 17.9 Å². The molecule has 0 aromatic heterocycles. The van der Waals surface area contributed by atoms with Crippen molar-refractivity contribution in [3.8, 4) is 5.75 Å². The molecule has 2 aromatic rings. The van der Waals surface area contributed by atoms with Crippen LogP contribution in [-0.2, 0) is 40.7 Å². The van der Waals surface area contributed by atoms with Crippen molar-refractivity contribution in [3.05, 3.63) is 58.7 Å². The van der Waals surface area contributed by atoms with Gasteiger partial charge in [-0.25, -0.2) is 13.1 Å². The van der Waals surface area contributed by atoms with Crippen LogP contribution in [0.3, 0.4) is 0 Å². The topological polar surface area (TPSA) is 75.7 Å². The number of hydrogen-bond donors (Lipinski definition) is 1. The molecular weight excluding hydrogens is 400 g/mol. The third-order valence-electron chi connectivity index (χ3n) is 5.95. The van der Waals surface area contributed by atoms with E-state index in [0.717, 1.165) is 55.3 Å². The molecule has 2 aromatic carbocycles. The lowest BCUT2D eigenvalue weighted by atomic mass is 9.92. The van der Waals surface area contributed by atoms with Crippen LogP contribution < -0.4 is 9.46 Å². The minimum Gasteiger partial charge on any atom is -0.495 e. The number of benzene rings is 2. The molecule has 4 rings (SSSR count). The molecule has 0 atom stereocenters. The molecule has 30 heavy (non-hydrogen) atoms. The van der Waals surface area contributed by atoms with Crippen LogP contribution >= 0.6 is 0 Å². The maximum absolute atomic E-state index is 13.0. The SMILES string of the molecule is COc1cc2c(cc1S(=O)(=O)NCc1ccc(CN3CCCC3=O)cc1)CCCC2. The fourth-order valence-electron chi connectivity index (χ4n) is 4.22. The highest BCUT2D eigenvalue weighted by molar-refractivity contribution is 7.89. The van der Waals surface area contributed by atoms with Crippen molar-refractivity contribution >= 4 is 15.9 Å². The summed E-state index contributed by atoms with van der Waals surface area (Å²) < 4.78 is 34.0. The molecule has 2 aliphatic rings. The molecule has 0 bridgehead atoms. The second kappa shape index (κ2) is 8.78. The van der Waals surface area contributed by atoms with Crippen LogP contribution in [-0.4, -0.2) is 32.9 Å². The summed E-state index contributed by atoms with van der Waals surface area (Å²) in [6.45, 7) is 1.62. The van der Waals surface area contributed by atoms with Gasteiger partial charge in [0, 0.05) is 26.1 Å². The number of nitrogens with one attached hydrogen (secondary N) is 1. The van der Waals surface area contributed by atoms with Gasteiger partial charge in [-0.2, -0.15) is 0 Å². The number of sulfonamides is 1. The highest BCUT2D eigenvalue weighted by Crippen LogP contribution is 2.32. The summed E-state index contributed by atoms with van der Waals surface area (Å²) in [7, 11) is -2.19.